The number of nitrogens with one attached hydrogen (secondary N) is 1. The number of imidazole rings is 1. The van der Waals surface area contributed by atoms with E-state index in [-0.39, 0.29) is 5.91 Å². The molecule has 1 amide bonds. The maximum Gasteiger partial charge on any atom is 0.251 e. The Morgan fingerprint density at radius 1 is 1.07 bits per heavy atom. The number of hydrogen-bond donors (Lipinski definition) is 1. The molecule has 2 aromatic heterocycles. The van der Waals surface area contributed by atoms with E-state index in [2.05, 4.69) is 38.8 Å². The Morgan fingerprint density at radius 2 is 1.93 bits per heavy atom. The molecule has 0 aliphatic rings. The van der Waals surface area contributed by atoms with Gasteiger partial charge in [-0.15, -0.1) is 0 Å². The third-order valence-corrected chi connectivity index (χ3v) is 5.13. The normalized spacial score (nSPS) is 10.7. The summed E-state index contributed by atoms with van der Waals surface area (Å²) in [7, 11) is 1.64. The molecule has 4 nitrogen and oxygen atoms in total. The monoisotopic (exact) mass is 373 g/mol. The summed E-state index contributed by atoms with van der Waals surface area (Å²) in [5.74, 6) is -0.0782. The van der Waals surface area contributed by atoms with Crippen LogP contribution in [0.15, 0.2) is 77.8 Å². The molecule has 5 heteroatoms. The SMILES string of the molecule is CNC(=O)c1cccc(Cn2cnc(-c3ccccc3)c2-c2ccsc2)c1. The fraction of sp³-hybridized carbons (Fsp3) is 0.0909. The highest BCUT2D eigenvalue weighted by Gasteiger charge is 2.16. The second kappa shape index (κ2) is 7.60. The van der Waals surface area contributed by atoms with Crippen LogP contribution in [0.25, 0.3) is 22.5 Å². The number of rotatable bonds is 5. The first-order valence-electron chi connectivity index (χ1n) is 8.70. The Morgan fingerprint density at radius 3 is 2.67 bits per heavy atom. The Hall–Kier alpha value is -3.18. The van der Waals surface area contributed by atoms with Crippen molar-refractivity contribution in [3.63, 3.8) is 0 Å². The molecular weight excluding hydrogens is 354 g/mol. The van der Waals surface area contributed by atoms with Crippen LogP contribution in [0.2, 0.25) is 0 Å². The number of amides is 1. The van der Waals surface area contributed by atoms with Crippen LogP contribution in [-0.4, -0.2) is 22.5 Å². The van der Waals surface area contributed by atoms with Gasteiger partial charge in [-0.25, -0.2) is 4.98 Å². The van der Waals surface area contributed by atoms with E-state index in [9.17, 15) is 4.79 Å². The number of thiophene rings is 1. The molecule has 0 bridgehead atoms. The summed E-state index contributed by atoms with van der Waals surface area (Å²) in [6.07, 6.45) is 1.88. The molecule has 27 heavy (non-hydrogen) atoms. The first kappa shape index (κ1) is 17.2. The number of aromatic nitrogens is 2. The third kappa shape index (κ3) is 3.55. The van der Waals surface area contributed by atoms with Gasteiger partial charge in [0.2, 0.25) is 0 Å². The van der Waals surface area contributed by atoms with Gasteiger partial charge in [-0.2, -0.15) is 11.3 Å². The Kier molecular flexibility index (Phi) is 4.85. The molecule has 0 unspecified atom stereocenters. The largest absolute Gasteiger partial charge is 0.355 e. The zero-order chi connectivity index (χ0) is 18.6. The second-order valence-corrected chi connectivity index (χ2v) is 7.01. The lowest BCUT2D eigenvalue weighted by molar-refractivity contribution is 0.0963. The van der Waals surface area contributed by atoms with Gasteiger partial charge >= 0.3 is 0 Å². The first-order chi connectivity index (χ1) is 13.3. The molecule has 0 saturated carbocycles. The van der Waals surface area contributed by atoms with E-state index < -0.39 is 0 Å². The zero-order valence-corrected chi connectivity index (χ0v) is 15.7. The van der Waals surface area contributed by atoms with Crippen LogP contribution in [0.1, 0.15) is 15.9 Å². The standard InChI is InChI=1S/C22H19N3OS/c1-23-22(26)18-9-5-6-16(12-18)13-25-15-24-20(17-7-3-2-4-8-17)21(25)19-10-11-27-14-19/h2-12,14-15H,13H2,1H3,(H,23,26). The van der Waals surface area contributed by atoms with Crippen molar-refractivity contribution >= 4 is 17.2 Å². The molecule has 0 radical (unpaired) electrons. The van der Waals surface area contributed by atoms with Crippen molar-refractivity contribution in [1.82, 2.24) is 14.9 Å². The number of carbonyl (C=O) groups excluding carboxylic acids is 1. The summed E-state index contributed by atoms with van der Waals surface area (Å²) in [5, 5.41) is 6.89. The van der Waals surface area contributed by atoms with Crippen molar-refractivity contribution in [2.24, 2.45) is 0 Å². The fourth-order valence-electron chi connectivity index (χ4n) is 3.16. The van der Waals surface area contributed by atoms with Crippen molar-refractivity contribution in [3.05, 3.63) is 88.9 Å². The van der Waals surface area contributed by atoms with Gasteiger partial charge in [0.05, 0.1) is 17.7 Å². The molecule has 0 atom stereocenters. The Labute approximate surface area is 162 Å². The molecule has 0 spiro atoms. The fourth-order valence-corrected chi connectivity index (χ4v) is 3.80. The van der Waals surface area contributed by atoms with Gasteiger partial charge in [-0.05, 0) is 29.1 Å². The minimum absolute atomic E-state index is 0.0782. The van der Waals surface area contributed by atoms with E-state index in [1.54, 1.807) is 18.4 Å². The van der Waals surface area contributed by atoms with Gasteiger partial charge in [-0.3, -0.25) is 4.79 Å². The van der Waals surface area contributed by atoms with Gasteiger partial charge in [-0.1, -0.05) is 42.5 Å². The predicted molar refractivity (Wildman–Crippen MR) is 110 cm³/mol. The second-order valence-electron chi connectivity index (χ2n) is 6.23. The molecule has 0 aliphatic heterocycles. The number of hydrogen-bond acceptors (Lipinski definition) is 3. The highest BCUT2D eigenvalue weighted by Crippen LogP contribution is 2.32. The molecule has 0 aliphatic carbocycles. The van der Waals surface area contributed by atoms with Crippen molar-refractivity contribution in [2.75, 3.05) is 7.05 Å². The summed E-state index contributed by atoms with van der Waals surface area (Å²) in [6, 6.07) is 20.0. The molecular formula is C22H19N3OS. The Bertz CT molecular complexity index is 1050. The molecule has 0 fully saturated rings. The molecule has 0 saturated heterocycles. The maximum absolute atomic E-state index is 11.9. The molecule has 2 heterocycles. The molecule has 1 N–H and O–H groups in total. The minimum atomic E-state index is -0.0782. The van der Waals surface area contributed by atoms with Gasteiger partial charge in [0.15, 0.2) is 0 Å². The summed E-state index contributed by atoms with van der Waals surface area (Å²) in [6.45, 7) is 0.649. The summed E-state index contributed by atoms with van der Waals surface area (Å²) in [5.41, 5.74) is 6.03. The van der Waals surface area contributed by atoms with Crippen LogP contribution in [0, 0.1) is 0 Å². The predicted octanol–water partition coefficient (Wildman–Crippen LogP) is 4.69. The summed E-state index contributed by atoms with van der Waals surface area (Å²) < 4.78 is 2.15. The van der Waals surface area contributed by atoms with E-state index in [1.165, 1.54) is 0 Å². The minimum Gasteiger partial charge on any atom is -0.355 e. The number of carbonyl (C=O) groups is 1. The van der Waals surface area contributed by atoms with E-state index >= 15 is 0 Å². The number of benzene rings is 2. The van der Waals surface area contributed by atoms with Crippen LogP contribution in [0.4, 0.5) is 0 Å². The van der Waals surface area contributed by atoms with Gasteiger partial charge in [0, 0.05) is 35.7 Å². The smallest absolute Gasteiger partial charge is 0.251 e. The number of nitrogens with zero attached hydrogens (tertiary/aromatic N) is 2. The zero-order valence-electron chi connectivity index (χ0n) is 14.9. The van der Waals surface area contributed by atoms with E-state index in [0.29, 0.717) is 12.1 Å². The highest BCUT2D eigenvalue weighted by molar-refractivity contribution is 7.08. The van der Waals surface area contributed by atoms with Crippen molar-refractivity contribution in [3.8, 4) is 22.5 Å². The molecule has 2 aromatic carbocycles. The lowest BCUT2D eigenvalue weighted by Gasteiger charge is -2.10. The summed E-state index contributed by atoms with van der Waals surface area (Å²) in [4.78, 5) is 16.6. The van der Waals surface area contributed by atoms with Crippen LogP contribution >= 0.6 is 11.3 Å². The van der Waals surface area contributed by atoms with Crippen molar-refractivity contribution in [1.29, 1.82) is 0 Å². The highest BCUT2D eigenvalue weighted by atomic mass is 32.1. The van der Waals surface area contributed by atoms with E-state index in [4.69, 9.17) is 4.98 Å². The quantitative estimate of drug-likeness (QED) is 0.552. The third-order valence-electron chi connectivity index (χ3n) is 4.45. The van der Waals surface area contributed by atoms with E-state index in [1.807, 2.05) is 48.8 Å². The lowest BCUT2D eigenvalue weighted by Crippen LogP contribution is -2.17. The maximum atomic E-state index is 11.9. The first-order valence-corrected chi connectivity index (χ1v) is 9.64. The van der Waals surface area contributed by atoms with Gasteiger partial charge < -0.3 is 9.88 Å². The van der Waals surface area contributed by atoms with Gasteiger partial charge in [0.25, 0.3) is 5.91 Å². The average molecular weight is 373 g/mol. The van der Waals surface area contributed by atoms with Crippen molar-refractivity contribution in [2.45, 2.75) is 6.54 Å². The van der Waals surface area contributed by atoms with Crippen molar-refractivity contribution < 1.29 is 4.79 Å². The lowest BCUT2D eigenvalue weighted by atomic mass is 10.1. The van der Waals surface area contributed by atoms with Crippen LogP contribution in [0.5, 0.6) is 0 Å². The van der Waals surface area contributed by atoms with Gasteiger partial charge in [0.1, 0.15) is 0 Å². The van der Waals surface area contributed by atoms with Crippen LogP contribution in [0.3, 0.4) is 0 Å². The average Bonchev–Trinajstić information content (AvgIpc) is 3.38. The summed E-state index contributed by atoms with van der Waals surface area (Å²) >= 11 is 1.67. The van der Waals surface area contributed by atoms with E-state index in [0.717, 1.165) is 28.1 Å². The topological polar surface area (TPSA) is 46.9 Å². The molecule has 4 aromatic rings. The Balaban J connectivity index is 1.76. The van der Waals surface area contributed by atoms with Crippen LogP contribution in [-0.2, 0) is 6.54 Å². The molecule has 4 rings (SSSR count). The molecule has 134 valence electrons. The van der Waals surface area contributed by atoms with Crippen LogP contribution < -0.4 is 5.32 Å².